The van der Waals surface area contributed by atoms with E-state index in [0.29, 0.717) is 6.54 Å². The van der Waals surface area contributed by atoms with Crippen LogP contribution in [0.1, 0.15) is 19.9 Å². The number of carbonyl (C=O) groups excluding carboxylic acids is 2. The van der Waals surface area contributed by atoms with Gasteiger partial charge in [0, 0.05) is 18.9 Å². The number of hydrogen-bond donors (Lipinski definition) is 0. The first-order valence-corrected chi connectivity index (χ1v) is 5.44. The van der Waals surface area contributed by atoms with E-state index in [9.17, 15) is 9.59 Å². The summed E-state index contributed by atoms with van der Waals surface area (Å²) in [5.74, 6) is -0.575. The molecule has 0 aromatic carbocycles. The molecule has 6 nitrogen and oxygen atoms in total. The highest BCUT2D eigenvalue weighted by Crippen LogP contribution is 2.08. The van der Waals surface area contributed by atoms with Crippen molar-refractivity contribution in [3.8, 4) is 0 Å². The Balaban J connectivity index is 2.69. The summed E-state index contributed by atoms with van der Waals surface area (Å²) in [5.41, 5.74) is 0. The Hall–Kier alpha value is -1.85. The maximum Gasteiger partial charge on any atom is 0.325 e. The molecule has 1 atom stereocenters. The van der Waals surface area contributed by atoms with E-state index < -0.39 is 12.0 Å². The van der Waals surface area contributed by atoms with Gasteiger partial charge in [0.15, 0.2) is 0 Å². The Morgan fingerprint density at radius 3 is 2.71 bits per heavy atom. The van der Waals surface area contributed by atoms with E-state index >= 15 is 0 Å². The molecule has 0 saturated carbocycles. The molecule has 1 unspecified atom stereocenters. The first-order chi connectivity index (χ1) is 8.10. The van der Waals surface area contributed by atoms with E-state index in [0.717, 1.165) is 0 Å². The predicted octanol–water partition coefficient (Wildman–Crippen LogP) is 0.466. The zero-order valence-corrected chi connectivity index (χ0v) is 10.3. The molecule has 1 aromatic rings. The summed E-state index contributed by atoms with van der Waals surface area (Å²) in [4.78, 5) is 24.7. The topological polar surface area (TPSA) is 64.4 Å². The fraction of sp³-hybridized carbons (Fsp3) is 0.545. The molecule has 94 valence electrons. The average molecular weight is 239 g/mol. The number of methoxy groups -OCH3 is 1. The monoisotopic (exact) mass is 239 g/mol. The molecule has 1 aromatic heterocycles. The number of rotatable bonds is 5. The second-order valence-electron chi connectivity index (χ2n) is 3.59. The molecular formula is C11H17N3O3. The van der Waals surface area contributed by atoms with Gasteiger partial charge in [0.2, 0.25) is 5.91 Å². The summed E-state index contributed by atoms with van der Waals surface area (Å²) in [6.45, 7) is 3.99. The fourth-order valence-corrected chi connectivity index (χ4v) is 1.45. The van der Waals surface area contributed by atoms with E-state index in [1.54, 1.807) is 30.1 Å². The molecular weight excluding hydrogens is 222 g/mol. The highest BCUT2D eigenvalue weighted by Gasteiger charge is 2.22. The number of nitrogens with zero attached hydrogens (tertiary/aromatic N) is 3. The van der Waals surface area contributed by atoms with Gasteiger partial charge in [-0.2, -0.15) is 5.10 Å². The van der Waals surface area contributed by atoms with Gasteiger partial charge in [0.25, 0.3) is 0 Å². The molecule has 0 aliphatic carbocycles. The van der Waals surface area contributed by atoms with Gasteiger partial charge in [0.1, 0.15) is 12.6 Å². The van der Waals surface area contributed by atoms with Crippen LogP contribution in [0.2, 0.25) is 0 Å². The lowest BCUT2D eigenvalue weighted by atomic mass is 10.3. The highest BCUT2D eigenvalue weighted by molar-refractivity contribution is 5.84. The molecule has 0 spiro atoms. The fourth-order valence-electron chi connectivity index (χ4n) is 1.45. The van der Waals surface area contributed by atoms with Gasteiger partial charge >= 0.3 is 5.97 Å². The largest absolute Gasteiger partial charge is 0.468 e. The van der Waals surface area contributed by atoms with Gasteiger partial charge < -0.3 is 9.64 Å². The van der Waals surface area contributed by atoms with Gasteiger partial charge in [-0.05, 0) is 19.9 Å². The molecule has 0 radical (unpaired) electrons. The quantitative estimate of drug-likeness (QED) is 0.700. The maximum atomic E-state index is 12.1. The molecule has 0 aliphatic rings. The molecule has 0 bridgehead atoms. The Bertz CT molecular complexity index is 375. The van der Waals surface area contributed by atoms with Crippen molar-refractivity contribution in [1.82, 2.24) is 14.7 Å². The SMILES string of the molecule is CCN(CC(=O)OC)C(=O)C(C)n1cccn1. The summed E-state index contributed by atoms with van der Waals surface area (Å²) in [6.07, 6.45) is 3.33. The first-order valence-electron chi connectivity index (χ1n) is 5.44. The zero-order valence-electron chi connectivity index (χ0n) is 10.3. The number of amides is 1. The van der Waals surface area contributed by atoms with Crippen LogP contribution in [-0.2, 0) is 14.3 Å². The minimum Gasteiger partial charge on any atom is -0.468 e. The minimum atomic E-state index is -0.423. The number of carbonyl (C=O) groups is 2. The van der Waals surface area contributed by atoms with Crippen LogP contribution < -0.4 is 0 Å². The van der Waals surface area contributed by atoms with Crippen LogP contribution in [0, 0.1) is 0 Å². The van der Waals surface area contributed by atoms with Gasteiger partial charge in [-0.3, -0.25) is 14.3 Å². The lowest BCUT2D eigenvalue weighted by molar-refractivity contribution is -0.148. The lowest BCUT2D eigenvalue weighted by Gasteiger charge is -2.23. The van der Waals surface area contributed by atoms with Crippen molar-refractivity contribution in [2.24, 2.45) is 0 Å². The Kier molecular flexibility index (Phi) is 4.68. The van der Waals surface area contributed by atoms with E-state index in [4.69, 9.17) is 0 Å². The van der Waals surface area contributed by atoms with Gasteiger partial charge in [-0.15, -0.1) is 0 Å². The van der Waals surface area contributed by atoms with Crippen molar-refractivity contribution >= 4 is 11.9 Å². The van der Waals surface area contributed by atoms with E-state index in [2.05, 4.69) is 9.84 Å². The van der Waals surface area contributed by atoms with Crippen LogP contribution >= 0.6 is 0 Å². The number of aromatic nitrogens is 2. The molecule has 1 rings (SSSR count). The number of likely N-dealkylation sites (N-methyl/N-ethyl adjacent to an activating group) is 1. The second-order valence-corrected chi connectivity index (χ2v) is 3.59. The molecule has 0 saturated heterocycles. The Morgan fingerprint density at radius 1 is 1.53 bits per heavy atom. The summed E-state index contributed by atoms with van der Waals surface area (Å²) in [7, 11) is 1.30. The second kappa shape index (κ2) is 6.03. The van der Waals surface area contributed by atoms with Crippen molar-refractivity contribution in [2.75, 3.05) is 20.2 Å². The normalized spacial score (nSPS) is 11.9. The number of hydrogen-bond acceptors (Lipinski definition) is 4. The summed E-state index contributed by atoms with van der Waals surface area (Å²) >= 11 is 0. The maximum absolute atomic E-state index is 12.1. The smallest absolute Gasteiger partial charge is 0.325 e. The third kappa shape index (κ3) is 3.30. The van der Waals surface area contributed by atoms with Gasteiger partial charge in [-0.25, -0.2) is 0 Å². The molecule has 1 heterocycles. The standard InChI is InChI=1S/C11H17N3O3/c1-4-13(8-10(15)17-3)11(16)9(2)14-7-5-6-12-14/h5-7,9H,4,8H2,1-3H3. The van der Waals surface area contributed by atoms with Crippen LogP contribution in [-0.4, -0.2) is 46.8 Å². The third-order valence-electron chi connectivity index (χ3n) is 2.52. The minimum absolute atomic E-state index is 0.0303. The highest BCUT2D eigenvalue weighted by atomic mass is 16.5. The van der Waals surface area contributed by atoms with Crippen molar-refractivity contribution < 1.29 is 14.3 Å². The van der Waals surface area contributed by atoms with Gasteiger partial charge in [-0.1, -0.05) is 0 Å². The number of esters is 1. The van der Waals surface area contributed by atoms with Gasteiger partial charge in [0.05, 0.1) is 7.11 Å². The molecule has 6 heteroatoms. The van der Waals surface area contributed by atoms with Crippen molar-refractivity contribution in [3.63, 3.8) is 0 Å². The summed E-state index contributed by atoms with van der Waals surface area (Å²) < 4.78 is 6.11. The Morgan fingerprint density at radius 2 is 2.24 bits per heavy atom. The summed E-state index contributed by atoms with van der Waals surface area (Å²) in [6, 6.07) is 1.33. The van der Waals surface area contributed by atoms with Crippen molar-refractivity contribution in [2.45, 2.75) is 19.9 Å². The van der Waals surface area contributed by atoms with Crippen LogP contribution in [0.25, 0.3) is 0 Å². The van der Waals surface area contributed by atoms with E-state index in [1.807, 2.05) is 6.92 Å². The lowest BCUT2D eigenvalue weighted by Crippen LogP contribution is -2.40. The Labute approximate surface area is 100 Å². The molecule has 0 aliphatic heterocycles. The van der Waals surface area contributed by atoms with Crippen LogP contribution in [0.4, 0.5) is 0 Å². The summed E-state index contributed by atoms with van der Waals surface area (Å²) in [5, 5.41) is 4.01. The molecule has 0 N–H and O–H groups in total. The third-order valence-corrected chi connectivity index (χ3v) is 2.52. The average Bonchev–Trinajstić information content (AvgIpc) is 2.87. The van der Waals surface area contributed by atoms with Crippen molar-refractivity contribution in [1.29, 1.82) is 0 Å². The van der Waals surface area contributed by atoms with E-state index in [-0.39, 0.29) is 12.5 Å². The van der Waals surface area contributed by atoms with E-state index in [1.165, 1.54) is 12.0 Å². The predicted molar refractivity (Wildman–Crippen MR) is 61.2 cm³/mol. The zero-order chi connectivity index (χ0) is 12.8. The van der Waals surface area contributed by atoms with Crippen LogP contribution in [0.15, 0.2) is 18.5 Å². The molecule has 0 fully saturated rings. The van der Waals surface area contributed by atoms with Crippen molar-refractivity contribution in [3.05, 3.63) is 18.5 Å². The number of ether oxygens (including phenoxy) is 1. The first kappa shape index (κ1) is 13.2. The molecule has 1 amide bonds. The van der Waals surface area contributed by atoms with Crippen LogP contribution in [0.3, 0.4) is 0 Å². The molecule has 17 heavy (non-hydrogen) atoms. The van der Waals surface area contributed by atoms with Crippen LogP contribution in [0.5, 0.6) is 0 Å².